The topological polar surface area (TPSA) is 15.6 Å². The first-order chi connectivity index (χ1) is 5.96. The quantitative estimate of drug-likeness (QED) is 0.605. The molecule has 1 heterocycles. The Bertz CT molecular complexity index is 236. The maximum atomic E-state index is 4.34. The van der Waals surface area contributed by atoms with Crippen LogP contribution in [-0.4, -0.2) is 23.8 Å². The molecule has 0 saturated carbocycles. The monoisotopic (exact) mass is 180 g/mol. The standard InChI is InChI=1S/C11H20N2/c1-9(2)13-7-6-11(3,4)8-10(13)12-5/h6-7,9H,8H2,1-5H3. The average molecular weight is 180 g/mol. The van der Waals surface area contributed by atoms with Gasteiger partial charge in [0.05, 0.1) is 0 Å². The van der Waals surface area contributed by atoms with E-state index < -0.39 is 0 Å². The third-order valence-corrected chi connectivity index (χ3v) is 2.41. The number of allylic oxidation sites excluding steroid dienone is 1. The number of amidine groups is 1. The molecule has 0 fully saturated rings. The zero-order valence-corrected chi connectivity index (χ0v) is 9.33. The van der Waals surface area contributed by atoms with Crippen LogP contribution in [0.1, 0.15) is 34.1 Å². The van der Waals surface area contributed by atoms with Crippen molar-refractivity contribution in [1.29, 1.82) is 0 Å². The van der Waals surface area contributed by atoms with Crippen molar-refractivity contribution in [3.63, 3.8) is 0 Å². The highest BCUT2D eigenvalue weighted by Crippen LogP contribution is 2.29. The van der Waals surface area contributed by atoms with Crippen molar-refractivity contribution in [2.45, 2.75) is 40.2 Å². The fraction of sp³-hybridized carbons (Fsp3) is 0.727. The highest BCUT2D eigenvalue weighted by Gasteiger charge is 2.25. The van der Waals surface area contributed by atoms with Gasteiger partial charge in [-0.25, -0.2) is 0 Å². The molecule has 2 nitrogen and oxygen atoms in total. The minimum absolute atomic E-state index is 0.264. The molecular weight excluding hydrogens is 160 g/mol. The van der Waals surface area contributed by atoms with Crippen molar-refractivity contribution >= 4 is 5.84 Å². The summed E-state index contributed by atoms with van der Waals surface area (Å²) in [6.45, 7) is 8.86. The number of rotatable bonds is 1. The SMILES string of the molecule is CN=C1CC(C)(C)C=CN1C(C)C. The van der Waals surface area contributed by atoms with Gasteiger partial charge in [0, 0.05) is 25.7 Å². The summed E-state index contributed by atoms with van der Waals surface area (Å²) in [7, 11) is 1.87. The predicted molar refractivity (Wildman–Crippen MR) is 57.9 cm³/mol. The summed E-state index contributed by atoms with van der Waals surface area (Å²) in [6, 6.07) is 0.506. The molecule has 1 aliphatic heterocycles. The fourth-order valence-electron chi connectivity index (χ4n) is 1.59. The van der Waals surface area contributed by atoms with Crippen molar-refractivity contribution in [1.82, 2.24) is 4.90 Å². The van der Waals surface area contributed by atoms with Crippen molar-refractivity contribution < 1.29 is 0 Å². The zero-order valence-electron chi connectivity index (χ0n) is 9.33. The van der Waals surface area contributed by atoms with Gasteiger partial charge in [0.1, 0.15) is 5.84 Å². The predicted octanol–water partition coefficient (Wildman–Crippen LogP) is 2.67. The molecule has 1 rings (SSSR count). The van der Waals surface area contributed by atoms with Crippen molar-refractivity contribution in [2.24, 2.45) is 10.4 Å². The molecule has 0 aliphatic carbocycles. The molecule has 0 unspecified atom stereocenters. The Balaban J connectivity index is 2.90. The highest BCUT2D eigenvalue weighted by molar-refractivity contribution is 5.85. The molecule has 0 aromatic rings. The molecule has 0 aromatic heterocycles. The molecule has 1 aliphatic rings. The molecule has 0 spiro atoms. The second-order valence-corrected chi connectivity index (χ2v) is 4.62. The van der Waals surface area contributed by atoms with Gasteiger partial charge >= 0.3 is 0 Å². The van der Waals surface area contributed by atoms with E-state index in [2.05, 4.69) is 49.9 Å². The van der Waals surface area contributed by atoms with E-state index in [0.29, 0.717) is 6.04 Å². The van der Waals surface area contributed by atoms with Crippen LogP contribution in [-0.2, 0) is 0 Å². The molecule has 13 heavy (non-hydrogen) atoms. The lowest BCUT2D eigenvalue weighted by molar-refractivity contribution is 0.380. The maximum Gasteiger partial charge on any atom is 0.104 e. The second-order valence-electron chi connectivity index (χ2n) is 4.62. The Morgan fingerprint density at radius 3 is 2.54 bits per heavy atom. The van der Waals surface area contributed by atoms with Crippen molar-refractivity contribution in [2.75, 3.05) is 7.05 Å². The van der Waals surface area contributed by atoms with Gasteiger partial charge in [-0.3, -0.25) is 4.99 Å². The van der Waals surface area contributed by atoms with E-state index >= 15 is 0 Å². The lowest BCUT2D eigenvalue weighted by atomic mass is 9.86. The number of aliphatic imine (C=N–C) groups is 1. The Kier molecular flexibility index (Phi) is 2.79. The van der Waals surface area contributed by atoms with Gasteiger partial charge in [-0.15, -0.1) is 0 Å². The third kappa shape index (κ3) is 2.33. The third-order valence-electron chi connectivity index (χ3n) is 2.41. The molecule has 0 aromatic carbocycles. The fourth-order valence-corrected chi connectivity index (χ4v) is 1.59. The molecule has 0 N–H and O–H groups in total. The van der Waals surface area contributed by atoms with Gasteiger partial charge in [0.15, 0.2) is 0 Å². The minimum atomic E-state index is 0.264. The molecule has 74 valence electrons. The van der Waals surface area contributed by atoms with Crippen LogP contribution in [0, 0.1) is 5.41 Å². The summed E-state index contributed by atoms with van der Waals surface area (Å²) < 4.78 is 0. The van der Waals surface area contributed by atoms with Gasteiger partial charge in [0.2, 0.25) is 0 Å². The summed E-state index contributed by atoms with van der Waals surface area (Å²) in [5, 5.41) is 0. The molecule has 0 atom stereocenters. The number of hydrogen-bond acceptors (Lipinski definition) is 1. The smallest absolute Gasteiger partial charge is 0.104 e. The number of nitrogens with zero attached hydrogens (tertiary/aromatic N) is 2. The van der Waals surface area contributed by atoms with Crippen molar-refractivity contribution in [3.8, 4) is 0 Å². The minimum Gasteiger partial charge on any atom is -0.335 e. The molecule has 0 amide bonds. The Morgan fingerprint density at radius 2 is 2.08 bits per heavy atom. The highest BCUT2D eigenvalue weighted by atomic mass is 15.2. The van der Waals surface area contributed by atoms with E-state index in [1.165, 1.54) is 5.84 Å². The van der Waals surface area contributed by atoms with Gasteiger partial charge < -0.3 is 4.90 Å². The first-order valence-corrected chi connectivity index (χ1v) is 4.89. The zero-order chi connectivity index (χ0) is 10.1. The van der Waals surface area contributed by atoms with Crippen LogP contribution in [0.25, 0.3) is 0 Å². The maximum absolute atomic E-state index is 4.34. The van der Waals surface area contributed by atoms with Crippen LogP contribution in [0.5, 0.6) is 0 Å². The Hall–Kier alpha value is -0.790. The van der Waals surface area contributed by atoms with Crippen LogP contribution < -0.4 is 0 Å². The van der Waals surface area contributed by atoms with E-state index in [9.17, 15) is 0 Å². The summed E-state index contributed by atoms with van der Waals surface area (Å²) >= 11 is 0. The Morgan fingerprint density at radius 1 is 1.46 bits per heavy atom. The Labute approximate surface area is 81.3 Å². The lowest BCUT2D eigenvalue weighted by Gasteiger charge is -2.35. The van der Waals surface area contributed by atoms with Crippen molar-refractivity contribution in [3.05, 3.63) is 12.3 Å². The summed E-state index contributed by atoms with van der Waals surface area (Å²) in [4.78, 5) is 6.58. The van der Waals surface area contributed by atoms with E-state index in [-0.39, 0.29) is 5.41 Å². The average Bonchev–Trinajstić information content (AvgIpc) is 2.01. The number of hydrogen-bond donors (Lipinski definition) is 0. The van der Waals surface area contributed by atoms with E-state index in [1.807, 2.05) is 7.05 Å². The molecule has 0 radical (unpaired) electrons. The largest absolute Gasteiger partial charge is 0.335 e. The van der Waals surface area contributed by atoms with Crippen LogP contribution in [0.4, 0.5) is 0 Å². The summed E-state index contributed by atoms with van der Waals surface area (Å²) in [5.41, 5.74) is 0.264. The lowest BCUT2D eigenvalue weighted by Crippen LogP contribution is -2.38. The van der Waals surface area contributed by atoms with Gasteiger partial charge in [-0.1, -0.05) is 19.9 Å². The van der Waals surface area contributed by atoms with E-state index in [1.54, 1.807) is 0 Å². The first kappa shape index (κ1) is 10.3. The second kappa shape index (κ2) is 3.52. The van der Waals surface area contributed by atoms with Crippen LogP contribution in [0.15, 0.2) is 17.3 Å². The van der Waals surface area contributed by atoms with E-state index in [4.69, 9.17) is 0 Å². The normalized spacial score (nSPS) is 24.5. The van der Waals surface area contributed by atoms with Gasteiger partial charge in [-0.2, -0.15) is 0 Å². The van der Waals surface area contributed by atoms with Crippen LogP contribution >= 0.6 is 0 Å². The summed E-state index contributed by atoms with van der Waals surface area (Å²) in [6.07, 6.45) is 5.47. The van der Waals surface area contributed by atoms with Gasteiger partial charge in [-0.05, 0) is 19.3 Å². The van der Waals surface area contributed by atoms with E-state index in [0.717, 1.165) is 6.42 Å². The van der Waals surface area contributed by atoms with Crippen LogP contribution in [0.2, 0.25) is 0 Å². The molecule has 2 heteroatoms. The van der Waals surface area contributed by atoms with Crippen LogP contribution in [0.3, 0.4) is 0 Å². The molecular formula is C11H20N2. The summed E-state index contributed by atoms with van der Waals surface area (Å²) in [5.74, 6) is 1.20. The first-order valence-electron chi connectivity index (χ1n) is 4.89. The molecule has 0 saturated heterocycles. The molecule has 0 bridgehead atoms. The van der Waals surface area contributed by atoms with Gasteiger partial charge in [0.25, 0.3) is 0 Å².